The molecule has 0 aromatic carbocycles. The lowest BCUT2D eigenvalue weighted by Crippen LogP contribution is -2.52. The maximum Gasteiger partial charge on any atom is 0.407 e. The summed E-state index contributed by atoms with van der Waals surface area (Å²) in [7, 11) is 0. The third-order valence-electron chi connectivity index (χ3n) is 3.53. The predicted molar refractivity (Wildman–Crippen MR) is 81.8 cm³/mol. The van der Waals surface area contributed by atoms with E-state index in [-0.39, 0.29) is 17.9 Å². The summed E-state index contributed by atoms with van der Waals surface area (Å²) < 4.78 is 5.23. The van der Waals surface area contributed by atoms with Crippen LogP contribution in [0.2, 0.25) is 0 Å². The van der Waals surface area contributed by atoms with Crippen LogP contribution in [0.4, 0.5) is 4.79 Å². The molecule has 0 aliphatic carbocycles. The van der Waals surface area contributed by atoms with Gasteiger partial charge in [0.2, 0.25) is 5.91 Å². The van der Waals surface area contributed by atoms with Crippen molar-refractivity contribution in [1.82, 2.24) is 10.2 Å². The average Bonchev–Trinajstić information content (AvgIpc) is 2.35. The summed E-state index contributed by atoms with van der Waals surface area (Å²) in [5.41, 5.74) is 5.40. The number of piperidine rings is 1. The molecule has 2 amide bonds. The lowest BCUT2D eigenvalue weighted by Gasteiger charge is -2.34. The van der Waals surface area contributed by atoms with E-state index in [1.807, 2.05) is 34.6 Å². The van der Waals surface area contributed by atoms with Gasteiger partial charge in [-0.2, -0.15) is 0 Å². The van der Waals surface area contributed by atoms with E-state index >= 15 is 0 Å². The SMILES string of the molecule is CC(C)[C@H](N)C(=O)N1CCC(NC(=O)OC(C)(C)C)CC1. The molecule has 3 N–H and O–H groups in total. The summed E-state index contributed by atoms with van der Waals surface area (Å²) in [4.78, 5) is 25.6. The Labute approximate surface area is 127 Å². The zero-order valence-corrected chi connectivity index (χ0v) is 13.8. The summed E-state index contributed by atoms with van der Waals surface area (Å²) >= 11 is 0. The molecule has 6 heteroatoms. The van der Waals surface area contributed by atoms with E-state index in [0.717, 1.165) is 12.8 Å². The highest BCUT2D eigenvalue weighted by atomic mass is 16.6. The van der Waals surface area contributed by atoms with Crippen LogP contribution >= 0.6 is 0 Å². The van der Waals surface area contributed by atoms with Gasteiger partial charge in [0.1, 0.15) is 5.60 Å². The Morgan fingerprint density at radius 2 is 1.76 bits per heavy atom. The minimum absolute atomic E-state index is 0.000665. The maximum atomic E-state index is 12.1. The van der Waals surface area contributed by atoms with Gasteiger partial charge in [-0.1, -0.05) is 13.8 Å². The molecule has 6 nitrogen and oxygen atoms in total. The fourth-order valence-electron chi connectivity index (χ4n) is 2.21. The first-order valence-electron chi connectivity index (χ1n) is 7.64. The minimum atomic E-state index is -0.495. The Kier molecular flexibility index (Phi) is 6.01. The molecule has 0 radical (unpaired) electrons. The molecule has 0 spiro atoms. The third kappa shape index (κ3) is 5.91. The van der Waals surface area contributed by atoms with Gasteiger partial charge in [0.05, 0.1) is 6.04 Å². The first-order chi connectivity index (χ1) is 9.60. The number of hydrogen-bond acceptors (Lipinski definition) is 4. The number of ether oxygens (including phenoxy) is 1. The van der Waals surface area contributed by atoms with Crippen molar-refractivity contribution in [3.8, 4) is 0 Å². The molecule has 1 rings (SSSR count). The maximum absolute atomic E-state index is 12.1. The number of rotatable bonds is 3. The van der Waals surface area contributed by atoms with Crippen LogP contribution in [0.5, 0.6) is 0 Å². The van der Waals surface area contributed by atoms with Crippen LogP contribution in [0.25, 0.3) is 0 Å². The highest BCUT2D eigenvalue weighted by molar-refractivity contribution is 5.82. The van der Waals surface area contributed by atoms with Crippen LogP contribution in [-0.4, -0.2) is 47.7 Å². The Morgan fingerprint density at radius 3 is 2.19 bits per heavy atom. The van der Waals surface area contributed by atoms with Crippen molar-refractivity contribution in [3.63, 3.8) is 0 Å². The van der Waals surface area contributed by atoms with Gasteiger partial charge in [-0.05, 0) is 39.5 Å². The number of nitrogens with one attached hydrogen (secondary N) is 1. The molecule has 21 heavy (non-hydrogen) atoms. The second-order valence-electron chi connectivity index (χ2n) is 7.02. The van der Waals surface area contributed by atoms with E-state index in [9.17, 15) is 9.59 Å². The number of hydrogen-bond donors (Lipinski definition) is 2. The van der Waals surface area contributed by atoms with Crippen LogP contribution in [0.3, 0.4) is 0 Å². The summed E-state index contributed by atoms with van der Waals surface area (Å²) in [6.45, 7) is 10.6. The number of alkyl carbamates (subject to hydrolysis) is 1. The zero-order valence-electron chi connectivity index (χ0n) is 13.8. The van der Waals surface area contributed by atoms with E-state index in [4.69, 9.17) is 10.5 Å². The second-order valence-corrected chi connectivity index (χ2v) is 7.02. The fraction of sp³-hybridized carbons (Fsp3) is 0.867. The summed E-state index contributed by atoms with van der Waals surface area (Å²) in [6, 6.07) is -0.389. The normalized spacial score (nSPS) is 18.5. The lowest BCUT2D eigenvalue weighted by atomic mass is 10.0. The van der Waals surface area contributed by atoms with Crippen LogP contribution in [0.15, 0.2) is 0 Å². The largest absolute Gasteiger partial charge is 0.444 e. The van der Waals surface area contributed by atoms with E-state index in [1.165, 1.54) is 0 Å². The Bertz CT molecular complexity index is 369. The van der Waals surface area contributed by atoms with Gasteiger partial charge < -0.3 is 20.7 Å². The molecule has 0 aromatic rings. The van der Waals surface area contributed by atoms with Crippen molar-refractivity contribution in [1.29, 1.82) is 0 Å². The van der Waals surface area contributed by atoms with Crippen LogP contribution < -0.4 is 11.1 Å². The van der Waals surface area contributed by atoms with Crippen LogP contribution in [0.1, 0.15) is 47.5 Å². The smallest absolute Gasteiger partial charge is 0.407 e. The van der Waals surface area contributed by atoms with Crippen molar-refractivity contribution in [2.45, 2.75) is 65.1 Å². The number of nitrogens with zero attached hydrogens (tertiary/aromatic N) is 1. The van der Waals surface area contributed by atoms with E-state index < -0.39 is 17.7 Å². The molecular formula is C15H29N3O3. The monoisotopic (exact) mass is 299 g/mol. The number of carbonyl (C=O) groups is 2. The van der Waals surface area contributed by atoms with Crippen molar-refractivity contribution in [3.05, 3.63) is 0 Å². The molecule has 0 saturated carbocycles. The second kappa shape index (κ2) is 7.11. The summed E-state index contributed by atoms with van der Waals surface area (Å²) in [6.07, 6.45) is 1.07. The number of likely N-dealkylation sites (tertiary alicyclic amines) is 1. The third-order valence-corrected chi connectivity index (χ3v) is 3.53. The molecule has 1 atom stereocenters. The Morgan fingerprint density at radius 1 is 1.24 bits per heavy atom. The molecule has 0 unspecified atom stereocenters. The van der Waals surface area contributed by atoms with Gasteiger partial charge in [-0.25, -0.2) is 4.79 Å². The highest BCUT2D eigenvalue weighted by Gasteiger charge is 2.29. The number of nitrogens with two attached hydrogens (primary N) is 1. The predicted octanol–water partition coefficient (Wildman–Crippen LogP) is 1.49. The first kappa shape index (κ1) is 17.8. The van der Waals surface area contributed by atoms with Crippen LogP contribution in [-0.2, 0) is 9.53 Å². The van der Waals surface area contributed by atoms with Crippen molar-refractivity contribution < 1.29 is 14.3 Å². The zero-order chi connectivity index (χ0) is 16.2. The van der Waals surface area contributed by atoms with Gasteiger partial charge in [-0.3, -0.25) is 4.79 Å². The Hall–Kier alpha value is -1.30. The van der Waals surface area contributed by atoms with Gasteiger partial charge in [-0.15, -0.1) is 0 Å². The van der Waals surface area contributed by atoms with Gasteiger partial charge in [0.25, 0.3) is 0 Å². The lowest BCUT2D eigenvalue weighted by molar-refractivity contribution is -0.134. The highest BCUT2D eigenvalue weighted by Crippen LogP contribution is 2.14. The minimum Gasteiger partial charge on any atom is -0.444 e. The standard InChI is InChI=1S/C15H29N3O3/c1-10(2)12(16)13(19)18-8-6-11(7-9-18)17-14(20)21-15(3,4)5/h10-12H,6-9,16H2,1-5H3,(H,17,20)/t12-/m0/s1. The first-order valence-corrected chi connectivity index (χ1v) is 7.64. The molecule has 1 heterocycles. The number of carbonyl (C=O) groups excluding carboxylic acids is 2. The van der Waals surface area contributed by atoms with Crippen molar-refractivity contribution in [2.24, 2.45) is 11.7 Å². The molecule has 1 aliphatic rings. The van der Waals surface area contributed by atoms with Crippen molar-refractivity contribution in [2.75, 3.05) is 13.1 Å². The topological polar surface area (TPSA) is 84.7 Å². The number of amides is 2. The van der Waals surface area contributed by atoms with Crippen LogP contribution in [0, 0.1) is 5.92 Å². The molecule has 1 aliphatic heterocycles. The van der Waals surface area contributed by atoms with E-state index in [2.05, 4.69) is 5.32 Å². The summed E-state index contributed by atoms with van der Waals surface area (Å²) in [5.74, 6) is 0.135. The molecule has 0 bridgehead atoms. The molecular weight excluding hydrogens is 270 g/mol. The average molecular weight is 299 g/mol. The summed E-state index contributed by atoms with van der Waals surface area (Å²) in [5, 5.41) is 2.86. The van der Waals surface area contributed by atoms with Gasteiger partial charge in [0.15, 0.2) is 0 Å². The van der Waals surface area contributed by atoms with Gasteiger partial charge in [0, 0.05) is 19.1 Å². The van der Waals surface area contributed by atoms with Crippen molar-refractivity contribution >= 4 is 12.0 Å². The quantitative estimate of drug-likeness (QED) is 0.827. The molecule has 0 aromatic heterocycles. The molecule has 1 saturated heterocycles. The van der Waals surface area contributed by atoms with E-state index in [1.54, 1.807) is 4.90 Å². The van der Waals surface area contributed by atoms with Gasteiger partial charge >= 0.3 is 6.09 Å². The fourth-order valence-corrected chi connectivity index (χ4v) is 2.21. The Balaban J connectivity index is 2.39. The molecule has 1 fully saturated rings. The molecule has 122 valence electrons. The van der Waals surface area contributed by atoms with E-state index in [0.29, 0.717) is 13.1 Å².